The average molecular weight is 279 g/mol. The third-order valence-corrected chi connectivity index (χ3v) is 5.14. The molecule has 0 aromatic carbocycles. The number of nitrogens with zero attached hydrogens (tertiary/aromatic N) is 3. The van der Waals surface area contributed by atoms with Crippen LogP contribution in [0.3, 0.4) is 0 Å². The molecule has 1 aliphatic heterocycles. The lowest BCUT2D eigenvalue weighted by atomic mass is 10.2. The highest BCUT2D eigenvalue weighted by atomic mass is 35.5. The zero-order valence-corrected chi connectivity index (χ0v) is 11.1. The van der Waals surface area contributed by atoms with E-state index in [2.05, 4.69) is 4.98 Å². The fourth-order valence-electron chi connectivity index (χ4n) is 2.02. The van der Waals surface area contributed by atoms with Crippen LogP contribution in [0, 0.1) is 0 Å². The van der Waals surface area contributed by atoms with Crippen molar-refractivity contribution in [1.29, 1.82) is 0 Å². The molecule has 2 heterocycles. The van der Waals surface area contributed by atoms with E-state index in [4.69, 9.17) is 17.3 Å². The van der Waals surface area contributed by atoms with Crippen molar-refractivity contribution < 1.29 is 8.42 Å². The highest BCUT2D eigenvalue weighted by Gasteiger charge is 2.36. The molecule has 0 aliphatic carbocycles. The Morgan fingerprint density at radius 1 is 1.65 bits per heavy atom. The van der Waals surface area contributed by atoms with E-state index < -0.39 is 10.0 Å². The van der Waals surface area contributed by atoms with Crippen LogP contribution in [0.5, 0.6) is 0 Å². The first-order valence-electron chi connectivity index (χ1n) is 5.37. The normalized spacial score (nSPS) is 22.2. The van der Waals surface area contributed by atoms with E-state index in [0.29, 0.717) is 13.1 Å². The molecule has 8 heteroatoms. The van der Waals surface area contributed by atoms with Crippen molar-refractivity contribution in [3.8, 4) is 0 Å². The summed E-state index contributed by atoms with van der Waals surface area (Å²) in [4.78, 5) is 3.85. The van der Waals surface area contributed by atoms with E-state index in [9.17, 15) is 8.42 Å². The van der Waals surface area contributed by atoms with E-state index in [1.165, 1.54) is 15.1 Å². The predicted molar refractivity (Wildman–Crippen MR) is 64.2 cm³/mol. The first-order chi connectivity index (χ1) is 7.96. The van der Waals surface area contributed by atoms with Gasteiger partial charge in [0.2, 0.25) is 5.28 Å². The third kappa shape index (κ3) is 2.20. The molecule has 2 rings (SSSR count). The molecule has 6 nitrogen and oxygen atoms in total. The molecule has 96 valence electrons. The Morgan fingerprint density at radius 2 is 2.35 bits per heavy atom. The van der Waals surface area contributed by atoms with Gasteiger partial charge in [0.25, 0.3) is 10.0 Å². The monoisotopic (exact) mass is 278 g/mol. The second-order valence-electron chi connectivity index (χ2n) is 4.11. The lowest BCUT2D eigenvalue weighted by Gasteiger charge is -2.21. The molecule has 1 aliphatic rings. The second kappa shape index (κ2) is 4.56. The molecule has 1 aromatic rings. The Morgan fingerprint density at radius 3 is 2.88 bits per heavy atom. The van der Waals surface area contributed by atoms with Gasteiger partial charge in [-0.1, -0.05) is 0 Å². The van der Waals surface area contributed by atoms with E-state index in [1.807, 2.05) is 0 Å². The maximum atomic E-state index is 12.3. The Hall–Kier alpha value is -0.630. The molecule has 0 spiro atoms. The van der Waals surface area contributed by atoms with Gasteiger partial charge in [0.1, 0.15) is 0 Å². The third-order valence-electron chi connectivity index (χ3n) is 2.97. The number of nitrogens with two attached hydrogens (primary N) is 1. The SMILES string of the molecule is Cn1cc(S(=O)(=O)N2CCC[C@@H]2CN)nc1Cl. The number of aryl methyl sites for hydroxylation is 1. The number of aromatic nitrogens is 2. The molecule has 1 aromatic heterocycles. The number of imidazole rings is 1. The van der Waals surface area contributed by atoms with Crippen molar-refractivity contribution in [2.24, 2.45) is 12.8 Å². The van der Waals surface area contributed by atoms with Crippen LogP contribution in [0.4, 0.5) is 0 Å². The molecule has 0 unspecified atom stereocenters. The lowest BCUT2D eigenvalue weighted by molar-refractivity contribution is 0.391. The summed E-state index contributed by atoms with van der Waals surface area (Å²) in [6, 6.07) is -0.124. The maximum absolute atomic E-state index is 12.3. The van der Waals surface area contributed by atoms with Crippen LogP contribution >= 0.6 is 11.6 Å². The average Bonchev–Trinajstić information content (AvgIpc) is 2.86. The van der Waals surface area contributed by atoms with Gasteiger partial charge in [0.15, 0.2) is 5.03 Å². The van der Waals surface area contributed by atoms with Crippen molar-refractivity contribution in [3.05, 3.63) is 11.5 Å². The minimum Gasteiger partial charge on any atom is -0.329 e. The maximum Gasteiger partial charge on any atom is 0.262 e. The highest BCUT2D eigenvalue weighted by Crippen LogP contribution is 2.25. The summed E-state index contributed by atoms with van der Waals surface area (Å²) in [6.45, 7) is 0.832. The summed E-state index contributed by atoms with van der Waals surface area (Å²) < 4.78 is 27.5. The smallest absolute Gasteiger partial charge is 0.262 e. The number of sulfonamides is 1. The van der Waals surface area contributed by atoms with Crippen molar-refractivity contribution in [3.63, 3.8) is 0 Å². The van der Waals surface area contributed by atoms with Gasteiger partial charge in [-0.15, -0.1) is 0 Å². The van der Waals surface area contributed by atoms with Crippen molar-refractivity contribution in [2.75, 3.05) is 13.1 Å². The first kappa shape index (κ1) is 12.8. The Kier molecular flexibility index (Phi) is 3.44. The number of halogens is 1. The van der Waals surface area contributed by atoms with Crippen LogP contribution in [0.15, 0.2) is 11.2 Å². The van der Waals surface area contributed by atoms with Crippen molar-refractivity contribution >= 4 is 21.6 Å². The molecule has 1 atom stereocenters. The summed E-state index contributed by atoms with van der Waals surface area (Å²) in [7, 11) is -1.91. The van der Waals surface area contributed by atoms with E-state index in [1.54, 1.807) is 7.05 Å². The van der Waals surface area contributed by atoms with Gasteiger partial charge >= 0.3 is 0 Å². The standard InChI is InChI=1S/C9H15ClN4O2S/c1-13-6-8(12-9(13)10)17(15,16)14-4-2-3-7(14)5-11/h6-7H,2-5,11H2,1H3/t7-/m1/s1. The number of hydrogen-bond donors (Lipinski definition) is 1. The summed E-state index contributed by atoms with van der Waals surface area (Å²) in [5.41, 5.74) is 5.58. The fourth-order valence-corrected chi connectivity index (χ4v) is 3.90. The number of rotatable bonds is 3. The van der Waals surface area contributed by atoms with Gasteiger partial charge in [0.05, 0.1) is 0 Å². The van der Waals surface area contributed by atoms with E-state index in [0.717, 1.165) is 12.8 Å². The van der Waals surface area contributed by atoms with Crippen LogP contribution in [0.25, 0.3) is 0 Å². The minimum atomic E-state index is -3.56. The zero-order valence-electron chi connectivity index (χ0n) is 9.50. The van der Waals surface area contributed by atoms with Crippen LogP contribution in [-0.2, 0) is 17.1 Å². The number of hydrogen-bond acceptors (Lipinski definition) is 4. The van der Waals surface area contributed by atoms with Crippen LogP contribution < -0.4 is 5.73 Å². The van der Waals surface area contributed by atoms with Crippen LogP contribution in [-0.4, -0.2) is 41.4 Å². The zero-order chi connectivity index (χ0) is 12.6. The van der Waals surface area contributed by atoms with Gasteiger partial charge in [-0.3, -0.25) is 0 Å². The van der Waals surface area contributed by atoms with Gasteiger partial charge < -0.3 is 10.3 Å². The first-order valence-corrected chi connectivity index (χ1v) is 7.19. The fraction of sp³-hybridized carbons (Fsp3) is 0.667. The quantitative estimate of drug-likeness (QED) is 0.855. The summed E-state index contributed by atoms with van der Waals surface area (Å²) in [6.07, 6.45) is 3.06. The Bertz CT molecular complexity index is 494. The molecule has 2 N–H and O–H groups in total. The summed E-state index contributed by atoms with van der Waals surface area (Å²) in [5.74, 6) is 0. The molecule has 0 bridgehead atoms. The molecular weight excluding hydrogens is 264 g/mol. The van der Waals surface area contributed by atoms with Crippen LogP contribution in [0.1, 0.15) is 12.8 Å². The molecule has 0 saturated carbocycles. The van der Waals surface area contributed by atoms with Crippen molar-refractivity contribution in [1.82, 2.24) is 13.9 Å². The van der Waals surface area contributed by atoms with Gasteiger partial charge in [-0.25, -0.2) is 13.4 Å². The minimum absolute atomic E-state index is 0.00894. The van der Waals surface area contributed by atoms with E-state index >= 15 is 0 Å². The van der Waals surface area contributed by atoms with Crippen LogP contribution in [0.2, 0.25) is 5.28 Å². The summed E-state index contributed by atoms with van der Waals surface area (Å²) >= 11 is 5.76. The topological polar surface area (TPSA) is 81.2 Å². The van der Waals surface area contributed by atoms with Gasteiger partial charge in [-0.05, 0) is 24.4 Å². The molecule has 0 radical (unpaired) electrons. The molecular formula is C9H15ClN4O2S. The van der Waals surface area contributed by atoms with Gasteiger partial charge in [0, 0.05) is 32.4 Å². The lowest BCUT2D eigenvalue weighted by Crippen LogP contribution is -2.40. The Balaban J connectivity index is 2.36. The van der Waals surface area contributed by atoms with E-state index in [-0.39, 0.29) is 16.4 Å². The molecule has 1 saturated heterocycles. The molecule has 0 amide bonds. The molecule has 1 fully saturated rings. The van der Waals surface area contributed by atoms with Crippen molar-refractivity contribution in [2.45, 2.75) is 23.9 Å². The predicted octanol–water partition coefficient (Wildman–Crippen LogP) is 0.185. The highest BCUT2D eigenvalue weighted by molar-refractivity contribution is 7.89. The largest absolute Gasteiger partial charge is 0.329 e. The molecule has 17 heavy (non-hydrogen) atoms. The summed E-state index contributed by atoms with van der Waals surface area (Å²) in [5, 5.41) is 0.150. The Labute approximate surface area is 105 Å². The van der Waals surface area contributed by atoms with Gasteiger partial charge in [-0.2, -0.15) is 4.31 Å². The second-order valence-corrected chi connectivity index (χ2v) is 6.28.